The summed E-state index contributed by atoms with van der Waals surface area (Å²) in [5.74, 6) is -0.444. The number of rotatable bonds is 5. The maximum Gasteiger partial charge on any atom is 0.408 e. The van der Waals surface area contributed by atoms with Gasteiger partial charge in [0.25, 0.3) is 0 Å². The fraction of sp³-hybridized carbons (Fsp3) is 0.385. The maximum atomic E-state index is 11.9. The molecule has 0 bridgehead atoms. The zero-order chi connectivity index (χ0) is 14.4. The number of carboxylic acid groups (broad SMARTS) is 1. The van der Waals surface area contributed by atoms with Crippen LogP contribution in [0.3, 0.4) is 0 Å². The lowest BCUT2D eigenvalue weighted by molar-refractivity contribution is -0.135. The fourth-order valence-corrected chi connectivity index (χ4v) is 1.70. The van der Waals surface area contributed by atoms with Crippen molar-refractivity contribution in [3.8, 4) is 0 Å². The van der Waals surface area contributed by atoms with E-state index in [1.165, 1.54) is 19.0 Å². The molecule has 1 aromatic rings. The summed E-state index contributed by atoms with van der Waals surface area (Å²) >= 11 is 0. The van der Waals surface area contributed by atoms with E-state index in [1.807, 2.05) is 6.07 Å². The van der Waals surface area contributed by atoms with Crippen molar-refractivity contribution >= 4 is 12.0 Å². The third-order valence-electron chi connectivity index (χ3n) is 2.72. The Labute approximate surface area is 111 Å². The Morgan fingerprint density at radius 1 is 1.21 bits per heavy atom. The summed E-state index contributed by atoms with van der Waals surface area (Å²) in [7, 11) is 3.04. The predicted molar refractivity (Wildman–Crippen MR) is 69.6 cm³/mol. The number of aliphatic hydroxyl groups excluding tert-OH is 1. The van der Waals surface area contributed by atoms with Gasteiger partial charge in [0.05, 0.1) is 6.61 Å². The van der Waals surface area contributed by atoms with Crippen molar-refractivity contribution in [2.75, 3.05) is 20.7 Å². The molecule has 0 aromatic heterocycles. The summed E-state index contributed by atoms with van der Waals surface area (Å²) in [6, 6.07) is 7.85. The normalized spacial score (nSPS) is 11.7. The molecule has 0 aliphatic heterocycles. The Hall–Kier alpha value is -2.08. The predicted octanol–water partition coefficient (Wildman–Crippen LogP) is 0.616. The summed E-state index contributed by atoms with van der Waals surface area (Å²) in [6.07, 6.45) is -1.24. The van der Waals surface area contributed by atoms with Gasteiger partial charge in [0.15, 0.2) is 0 Å². The van der Waals surface area contributed by atoms with Crippen LogP contribution in [-0.4, -0.2) is 58.8 Å². The Morgan fingerprint density at radius 3 is 2.21 bits per heavy atom. The van der Waals surface area contributed by atoms with Crippen molar-refractivity contribution < 1.29 is 19.8 Å². The van der Waals surface area contributed by atoms with Crippen LogP contribution >= 0.6 is 0 Å². The van der Waals surface area contributed by atoms with E-state index in [0.29, 0.717) is 0 Å². The Bertz CT molecular complexity index is 434. The molecule has 0 saturated heterocycles. The highest BCUT2D eigenvalue weighted by atomic mass is 16.4. The first-order valence-electron chi connectivity index (χ1n) is 5.83. The molecule has 0 fully saturated rings. The molecule has 0 aliphatic carbocycles. The monoisotopic (exact) mass is 266 g/mol. The lowest BCUT2D eigenvalue weighted by Crippen LogP contribution is -2.50. The molecule has 1 aromatic carbocycles. The summed E-state index contributed by atoms with van der Waals surface area (Å²) < 4.78 is 0. The van der Waals surface area contributed by atoms with Gasteiger partial charge in [-0.05, 0) is 5.56 Å². The molecule has 0 aliphatic rings. The van der Waals surface area contributed by atoms with E-state index in [1.54, 1.807) is 24.3 Å². The number of nitrogens with zero attached hydrogens (tertiary/aromatic N) is 2. The zero-order valence-electron chi connectivity index (χ0n) is 11.0. The molecule has 1 rings (SSSR count). The van der Waals surface area contributed by atoms with Gasteiger partial charge in [0.1, 0.15) is 6.04 Å². The van der Waals surface area contributed by atoms with E-state index in [-0.39, 0.29) is 6.54 Å². The Balaban J connectivity index is 2.93. The van der Waals surface area contributed by atoms with Gasteiger partial charge in [0, 0.05) is 20.6 Å². The van der Waals surface area contributed by atoms with E-state index in [0.717, 1.165) is 10.5 Å². The number of carbonyl (C=O) groups is 2. The number of hydrogen-bond acceptors (Lipinski definition) is 3. The quantitative estimate of drug-likeness (QED) is 0.818. The molecule has 0 heterocycles. The van der Waals surface area contributed by atoms with E-state index >= 15 is 0 Å². The van der Waals surface area contributed by atoms with Crippen LogP contribution in [0.5, 0.6) is 0 Å². The van der Waals surface area contributed by atoms with Crippen LogP contribution in [0.4, 0.5) is 4.79 Å². The van der Waals surface area contributed by atoms with Crippen LogP contribution < -0.4 is 0 Å². The number of benzene rings is 1. The lowest BCUT2D eigenvalue weighted by Gasteiger charge is -2.29. The highest BCUT2D eigenvalue weighted by Gasteiger charge is 2.30. The molecular formula is C13H18N2O4. The van der Waals surface area contributed by atoms with E-state index < -0.39 is 24.6 Å². The minimum absolute atomic E-state index is 0.0565. The molecule has 2 N–H and O–H groups in total. The van der Waals surface area contributed by atoms with Crippen molar-refractivity contribution in [3.63, 3.8) is 0 Å². The second kappa shape index (κ2) is 6.75. The first-order chi connectivity index (χ1) is 8.97. The van der Waals surface area contributed by atoms with Crippen molar-refractivity contribution in [3.05, 3.63) is 35.9 Å². The van der Waals surface area contributed by atoms with Crippen molar-refractivity contribution in [2.45, 2.75) is 12.6 Å². The van der Waals surface area contributed by atoms with Gasteiger partial charge in [-0.25, -0.2) is 4.79 Å². The zero-order valence-corrected chi connectivity index (χ0v) is 11.0. The van der Waals surface area contributed by atoms with Crippen LogP contribution in [0.1, 0.15) is 5.56 Å². The largest absolute Gasteiger partial charge is 0.465 e. The fourth-order valence-electron chi connectivity index (χ4n) is 1.70. The van der Waals surface area contributed by atoms with Crippen LogP contribution in [0, 0.1) is 0 Å². The minimum atomic E-state index is -1.24. The maximum absolute atomic E-state index is 11.9. The summed E-state index contributed by atoms with van der Waals surface area (Å²) in [4.78, 5) is 25.4. The molecular weight excluding hydrogens is 248 g/mol. The third kappa shape index (κ3) is 3.96. The van der Waals surface area contributed by atoms with Gasteiger partial charge in [-0.15, -0.1) is 0 Å². The summed E-state index contributed by atoms with van der Waals surface area (Å²) in [5, 5.41) is 18.5. The molecule has 6 heteroatoms. The van der Waals surface area contributed by atoms with E-state index in [2.05, 4.69) is 0 Å². The van der Waals surface area contributed by atoms with Crippen molar-refractivity contribution in [2.24, 2.45) is 0 Å². The Morgan fingerprint density at radius 2 is 1.79 bits per heavy atom. The molecule has 1 atom stereocenters. The number of hydrogen-bond donors (Lipinski definition) is 2. The number of carbonyl (C=O) groups excluding carboxylic acids is 1. The molecule has 104 valence electrons. The number of likely N-dealkylation sites (N-methyl/N-ethyl adjacent to an activating group) is 1. The first kappa shape index (κ1) is 15.0. The molecule has 19 heavy (non-hydrogen) atoms. The van der Waals surface area contributed by atoms with Gasteiger partial charge >= 0.3 is 6.09 Å². The highest BCUT2D eigenvalue weighted by molar-refractivity contribution is 5.85. The third-order valence-corrected chi connectivity index (χ3v) is 2.72. The van der Waals surface area contributed by atoms with Gasteiger partial charge in [-0.2, -0.15) is 0 Å². The van der Waals surface area contributed by atoms with Crippen LogP contribution in [0.25, 0.3) is 0 Å². The molecule has 0 spiro atoms. The topological polar surface area (TPSA) is 81.1 Å². The minimum Gasteiger partial charge on any atom is -0.465 e. The van der Waals surface area contributed by atoms with Crippen LogP contribution in [-0.2, 0) is 11.3 Å². The Kier molecular flexibility index (Phi) is 5.32. The molecule has 0 saturated carbocycles. The van der Waals surface area contributed by atoms with E-state index in [4.69, 9.17) is 0 Å². The second-order valence-corrected chi connectivity index (χ2v) is 4.33. The average molecular weight is 266 g/mol. The molecule has 0 unspecified atom stereocenters. The molecule has 6 nitrogen and oxygen atoms in total. The van der Waals surface area contributed by atoms with Gasteiger partial charge in [0.2, 0.25) is 5.91 Å². The average Bonchev–Trinajstić information content (AvgIpc) is 2.39. The van der Waals surface area contributed by atoms with Gasteiger partial charge in [-0.1, -0.05) is 30.3 Å². The highest BCUT2D eigenvalue weighted by Crippen LogP contribution is 2.10. The van der Waals surface area contributed by atoms with Crippen molar-refractivity contribution in [1.29, 1.82) is 0 Å². The molecule has 0 radical (unpaired) electrons. The van der Waals surface area contributed by atoms with Gasteiger partial charge < -0.3 is 15.1 Å². The summed E-state index contributed by atoms with van der Waals surface area (Å²) in [6.45, 7) is -0.489. The standard InChI is InChI=1S/C13H18N2O4/c1-14(2)12(17)11(9-16)15(13(18)19)8-10-6-4-3-5-7-10/h3-7,11,16H,8-9H2,1-2H3,(H,18,19)/t11-/m1/s1. The molecule has 2 amide bonds. The smallest absolute Gasteiger partial charge is 0.408 e. The SMILES string of the molecule is CN(C)C(=O)[C@@H](CO)N(Cc1ccccc1)C(=O)O. The second-order valence-electron chi connectivity index (χ2n) is 4.33. The lowest BCUT2D eigenvalue weighted by atomic mass is 10.1. The van der Waals surface area contributed by atoms with Crippen LogP contribution in [0.15, 0.2) is 30.3 Å². The first-order valence-corrected chi connectivity index (χ1v) is 5.83. The number of amides is 2. The summed E-state index contributed by atoms with van der Waals surface area (Å²) in [5.41, 5.74) is 0.759. The van der Waals surface area contributed by atoms with Crippen molar-refractivity contribution in [1.82, 2.24) is 9.80 Å². The van der Waals surface area contributed by atoms with Crippen LogP contribution in [0.2, 0.25) is 0 Å². The van der Waals surface area contributed by atoms with Gasteiger partial charge in [-0.3, -0.25) is 9.69 Å². The number of aliphatic hydroxyl groups is 1. The van der Waals surface area contributed by atoms with E-state index in [9.17, 15) is 19.8 Å².